The van der Waals surface area contributed by atoms with Crippen molar-refractivity contribution in [1.82, 2.24) is 4.57 Å². The highest BCUT2D eigenvalue weighted by Crippen LogP contribution is 2.21. The highest BCUT2D eigenvalue weighted by atomic mass is 19.1. The number of carbonyl (C=O) groups is 1. The van der Waals surface area contributed by atoms with Gasteiger partial charge >= 0.3 is 0 Å². The third kappa shape index (κ3) is 2.72. The first-order chi connectivity index (χ1) is 10.1. The molecule has 21 heavy (non-hydrogen) atoms. The Balaban J connectivity index is 1.79. The van der Waals surface area contributed by atoms with Gasteiger partial charge in [0.2, 0.25) is 5.91 Å². The molecule has 0 aliphatic carbocycles. The second kappa shape index (κ2) is 5.28. The topological polar surface area (TPSA) is 60.0 Å². The van der Waals surface area contributed by atoms with Crippen LogP contribution in [-0.2, 0) is 11.3 Å². The van der Waals surface area contributed by atoms with E-state index in [0.717, 1.165) is 10.9 Å². The number of aromatic nitrogens is 1. The zero-order valence-electron chi connectivity index (χ0n) is 11.2. The van der Waals surface area contributed by atoms with Gasteiger partial charge in [-0.3, -0.25) is 4.79 Å². The summed E-state index contributed by atoms with van der Waals surface area (Å²) < 4.78 is 14.9. The number of nitrogen functional groups attached to an aromatic ring is 1. The van der Waals surface area contributed by atoms with Crippen molar-refractivity contribution < 1.29 is 9.18 Å². The van der Waals surface area contributed by atoms with Crippen molar-refractivity contribution in [2.45, 2.75) is 6.54 Å². The smallest absolute Gasteiger partial charge is 0.244 e. The van der Waals surface area contributed by atoms with E-state index in [-0.39, 0.29) is 18.3 Å². The molecule has 2 aromatic carbocycles. The largest absolute Gasteiger partial charge is 0.398 e. The van der Waals surface area contributed by atoms with Crippen molar-refractivity contribution in [3.8, 4) is 0 Å². The lowest BCUT2D eigenvalue weighted by Crippen LogP contribution is -2.18. The molecule has 3 rings (SSSR count). The Kier molecular flexibility index (Phi) is 3.31. The highest BCUT2D eigenvalue weighted by molar-refractivity contribution is 5.94. The molecule has 0 bridgehead atoms. The van der Waals surface area contributed by atoms with E-state index in [4.69, 9.17) is 5.73 Å². The molecule has 5 heteroatoms. The number of nitrogens with one attached hydrogen (secondary N) is 1. The van der Waals surface area contributed by atoms with Gasteiger partial charge in [-0.25, -0.2) is 4.39 Å². The lowest BCUT2D eigenvalue weighted by Gasteiger charge is -2.08. The van der Waals surface area contributed by atoms with Crippen LogP contribution in [-0.4, -0.2) is 10.5 Å². The average Bonchev–Trinajstić information content (AvgIpc) is 2.83. The number of amides is 1. The predicted molar refractivity (Wildman–Crippen MR) is 81.4 cm³/mol. The van der Waals surface area contributed by atoms with Crippen molar-refractivity contribution in [3.63, 3.8) is 0 Å². The van der Waals surface area contributed by atoms with Crippen LogP contribution in [0.3, 0.4) is 0 Å². The summed E-state index contributed by atoms with van der Waals surface area (Å²) in [6.07, 6.45) is 1.81. The lowest BCUT2D eigenvalue weighted by molar-refractivity contribution is -0.116. The quantitative estimate of drug-likeness (QED) is 0.726. The Bertz CT molecular complexity index is 810. The molecular weight excluding hydrogens is 269 g/mol. The molecule has 1 aromatic heterocycles. The lowest BCUT2D eigenvalue weighted by atomic mass is 10.2. The summed E-state index contributed by atoms with van der Waals surface area (Å²) in [5, 5.41) is 3.58. The number of benzene rings is 2. The van der Waals surface area contributed by atoms with Crippen molar-refractivity contribution >= 4 is 28.2 Å². The number of hydrogen-bond acceptors (Lipinski definition) is 2. The van der Waals surface area contributed by atoms with E-state index < -0.39 is 0 Å². The van der Waals surface area contributed by atoms with Crippen molar-refractivity contribution in [2.75, 3.05) is 11.1 Å². The summed E-state index contributed by atoms with van der Waals surface area (Å²) in [6, 6.07) is 13.3. The minimum absolute atomic E-state index is 0.142. The van der Waals surface area contributed by atoms with E-state index in [1.165, 1.54) is 12.1 Å². The number of nitrogens with two attached hydrogens (primary N) is 1. The summed E-state index contributed by atoms with van der Waals surface area (Å²) in [7, 11) is 0. The first-order valence-electron chi connectivity index (χ1n) is 6.52. The van der Waals surface area contributed by atoms with Crippen molar-refractivity contribution in [2.24, 2.45) is 0 Å². The average molecular weight is 283 g/mol. The van der Waals surface area contributed by atoms with Gasteiger partial charge in [0.1, 0.15) is 12.4 Å². The van der Waals surface area contributed by atoms with Gasteiger partial charge < -0.3 is 15.6 Å². The zero-order valence-corrected chi connectivity index (χ0v) is 11.2. The van der Waals surface area contributed by atoms with Crippen LogP contribution in [0.1, 0.15) is 0 Å². The van der Waals surface area contributed by atoms with Gasteiger partial charge in [-0.05, 0) is 36.4 Å². The zero-order chi connectivity index (χ0) is 14.8. The van der Waals surface area contributed by atoms with E-state index >= 15 is 0 Å². The Morgan fingerprint density at radius 2 is 2.00 bits per heavy atom. The Labute approximate surface area is 121 Å². The monoisotopic (exact) mass is 283 g/mol. The number of rotatable bonds is 3. The molecule has 0 spiro atoms. The summed E-state index contributed by atoms with van der Waals surface area (Å²) >= 11 is 0. The maximum Gasteiger partial charge on any atom is 0.244 e. The molecule has 0 saturated carbocycles. The number of nitrogens with zero attached hydrogens (tertiary/aromatic N) is 1. The first kappa shape index (κ1) is 13.2. The first-order valence-corrected chi connectivity index (χ1v) is 6.52. The van der Waals surface area contributed by atoms with Gasteiger partial charge in [0.05, 0.1) is 5.52 Å². The molecule has 3 N–H and O–H groups in total. The number of hydrogen-bond donors (Lipinski definition) is 2. The van der Waals surface area contributed by atoms with Crippen LogP contribution in [0.25, 0.3) is 10.9 Å². The van der Waals surface area contributed by atoms with E-state index in [1.54, 1.807) is 16.7 Å². The molecule has 0 aliphatic rings. The standard InChI is InChI=1S/C16H14FN3O/c17-11-3-1-4-12(9-11)19-16(21)10-20-8-7-13-14(18)5-2-6-15(13)20/h1-9H,10,18H2,(H,19,21). The molecule has 4 nitrogen and oxygen atoms in total. The minimum atomic E-state index is -0.382. The third-order valence-corrected chi connectivity index (χ3v) is 3.27. The molecule has 0 radical (unpaired) electrons. The predicted octanol–water partition coefficient (Wildman–Crippen LogP) is 3.00. The molecule has 3 aromatic rings. The summed E-state index contributed by atoms with van der Waals surface area (Å²) in [6.45, 7) is 0.142. The van der Waals surface area contributed by atoms with Gasteiger partial charge in [0.15, 0.2) is 0 Å². The number of fused-ring (bicyclic) bond motifs is 1. The Morgan fingerprint density at radius 3 is 2.81 bits per heavy atom. The molecular formula is C16H14FN3O. The fourth-order valence-electron chi connectivity index (χ4n) is 2.31. The van der Waals surface area contributed by atoms with Crippen molar-refractivity contribution in [1.29, 1.82) is 0 Å². The maximum atomic E-state index is 13.1. The summed E-state index contributed by atoms with van der Waals surface area (Å²) in [5.41, 5.74) is 7.90. The summed E-state index contributed by atoms with van der Waals surface area (Å²) in [5.74, 6) is -0.604. The summed E-state index contributed by atoms with van der Waals surface area (Å²) in [4.78, 5) is 12.0. The van der Waals surface area contributed by atoms with Crippen LogP contribution in [0.4, 0.5) is 15.8 Å². The molecule has 0 unspecified atom stereocenters. The second-order valence-electron chi connectivity index (χ2n) is 4.78. The van der Waals surface area contributed by atoms with E-state index in [2.05, 4.69) is 5.32 Å². The van der Waals surface area contributed by atoms with Gasteiger partial charge in [-0.1, -0.05) is 12.1 Å². The van der Waals surface area contributed by atoms with Gasteiger partial charge in [-0.2, -0.15) is 0 Å². The van der Waals surface area contributed by atoms with Crippen LogP contribution in [0.15, 0.2) is 54.7 Å². The highest BCUT2D eigenvalue weighted by Gasteiger charge is 2.08. The Hall–Kier alpha value is -2.82. The maximum absolute atomic E-state index is 13.1. The van der Waals surface area contributed by atoms with Gasteiger partial charge in [0.25, 0.3) is 0 Å². The molecule has 0 fully saturated rings. The van der Waals surface area contributed by atoms with Crippen LogP contribution in [0.2, 0.25) is 0 Å². The fraction of sp³-hybridized carbons (Fsp3) is 0.0625. The third-order valence-electron chi connectivity index (χ3n) is 3.27. The number of carbonyl (C=O) groups excluding carboxylic acids is 1. The number of anilines is 2. The molecule has 1 heterocycles. The molecule has 0 atom stereocenters. The van der Waals surface area contributed by atoms with Crippen molar-refractivity contribution in [3.05, 3.63) is 60.5 Å². The minimum Gasteiger partial charge on any atom is -0.398 e. The Morgan fingerprint density at radius 1 is 1.19 bits per heavy atom. The molecule has 0 saturated heterocycles. The normalized spacial score (nSPS) is 10.7. The van der Waals surface area contributed by atoms with E-state index in [0.29, 0.717) is 11.4 Å². The fourth-order valence-corrected chi connectivity index (χ4v) is 2.31. The number of halogens is 1. The van der Waals surface area contributed by atoms with Gasteiger partial charge in [-0.15, -0.1) is 0 Å². The van der Waals surface area contributed by atoms with Crippen LogP contribution >= 0.6 is 0 Å². The molecule has 1 amide bonds. The SMILES string of the molecule is Nc1cccc2c1ccn2CC(=O)Nc1cccc(F)c1. The van der Waals surface area contributed by atoms with E-state index in [1.807, 2.05) is 30.5 Å². The van der Waals surface area contributed by atoms with E-state index in [9.17, 15) is 9.18 Å². The second-order valence-corrected chi connectivity index (χ2v) is 4.78. The van der Waals surface area contributed by atoms with Crippen LogP contribution < -0.4 is 11.1 Å². The van der Waals surface area contributed by atoms with Crippen LogP contribution in [0.5, 0.6) is 0 Å². The van der Waals surface area contributed by atoms with Crippen LogP contribution in [0, 0.1) is 5.82 Å². The van der Waals surface area contributed by atoms with Gasteiger partial charge in [0, 0.05) is 23.0 Å². The molecule has 106 valence electrons. The molecule has 0 aliphatic heterocycles.